The van der Waals surface area contributed by atoms with Crippen LogP contribution >= 0.6 is 0 Å². The van der Waals surface area contributed by atoms with E-state index in [0.717, 1.165) is 13.2 Å². The van der Waals surface area contributed by atoms with E-state index in [-0.39, 0.29) is 17.0 Å². The maximum Gasteiger partial charge on any atom is 0.420 e. The summed E-state index contributed by atoms with van der Waals surface area (Å²) < 4.78 is 45.2. The molecule has 5 nitrogen and oxygen atoms in total. The second-order valence-corrected chi connectivity index (χ2v) is 5.16. The predicted molar refractivity (Wildman–Crippen MR) is 82.4 cm³/mol. The SMILES string of the molecule is COc1cc(C)c(NC(=O)c2cccn(C)c2=O)cc1C(F)(F)F. The van der Waals surface area contributed by atoms with Crippen molar-refractivity contribution in [2.75, 3.05) is 12.4 Å². The first-order valence-corrected chi connectivity index (χ1v) is 6.88. The van der Waals surface area contributed by atoms with Gasteiger partial charge < -0.3 is 14.6 Å². The molecule has 1 N–H and O–H groups in total. The molecule has 8 heteroatoms. The molecule has 0 atom stereocenters. The Morgan fingerprint density at radius 2 is 1.96 bits per heavy atom. The Balaban J connectivity index is 2.44. The lowest BCUT2D eigenvalue weighted by molar-refractivity contribution is -0.138. The molecule has 1 aromatic heterocycles. The fourth-order valence-corrected chi connectivity index (χ4v) is 2.17. The average molecular weight is 340 g/mol. The van der Waals surface area contributed by atoms with Gasteiger partial charge in [-0.1, -0.05) is 0 Å². The van der Waals surface area contributed by atoms with Crippen molar-refractivity contribution in [1.82, 2.24) is 4.57 Å². The lowest BCUT2D eigenvalue weighted by Crippen LogP contribution is -2.27. The molecule has 0 bridgehead atoms. The van der Waals surface area contributed by atoms with Gasteiger partial charge in [0.15, 0.2) is 0 Å². The second kappa shape index (κ2) is 6.38. The van der Waals surface area contributed by atoms with E-state index in [0.29, 0.717) is 5.56 Å². The van der Waals surface area contributed by atoms with E-state index in [1.54, 1.807) is 0 Å². The minimum absolute atomic E-state index is 0.0426. The van der Waals surface area contributed by atoms with Crippen LogP contribution < -0.4 is 15.6 Å². The number of nitrogens with one attached hydrogen (secondary N) is 1. The largest absolute Gasteiger partial charge is 0.496 e. The summed E-state index contributed by atoms with van der Waals surface area (Å²) in [5, 5.41) is 2.35. The van der Waals surface area contributed by atoms with Crippen LogP contribution in [0.5, 0.6) is 5.75 Å². The number of anilines is 1. The first kappa shape index (κ1) is 17.6. The van der Waals surface area contributed by atoms with Crippen LogP contribution in [0.2, 0.25) is 0 Å². The number of methoxy groups -OCH3 is 1. The molecule has 0 aliphatic carbocycles. The summed E-state index contributed by atoms with van der Waals surface area (Å²) >= 11 is 0. The number of alkyl halides is 3. The number of aryl methyl sites for hydroxylation is 2. The zero-order valence-corrected chi connectivity index (χ0v) is 13.2. The fourth-order valence-electron chi connectivity index (χ4n) is 2.17. The third-order valence-corrected chi connectivity index (χ3v) is 3.47. The summed E-state index contributed by atoms with van der Waals surface area (Å²) in [6.07, 6.45) is -3.17. The molecular weight excluding hydrogens is 325 g/mol. The number of ether oxygens (including phenoxy) is 1. The number of nitrogens with zero attached hydrogens (tertiary/aromatic N) is 1. The minimum atomic E-state index is -4.64. The molecular formula is C16H15F3N2O3. The molecule has 0 saturated heterocycles. The summed E-state index contributed by atoms with van der Waals surface area (Å²) in [6, 6.07) is 4.78. The molecule has 1 amide bonds. The quantitative estimate of drug-likeness (QED) is 0.934. The molecule has 128 valence electrons. The molecule has 0 aliphatic heterocycles. The van der Waals surface area contributed by atoms with Crippen molar-refractivity contribution >= 4 is 11.6 Å². The van der Waals surface area contributed by atoms with Gasteiger partial charge in [-0.05, 0) is 36.8 Å². The first-order valence-electron chi connectivity index (χ1n) is 6.88. The van der Waals surface area contributed by atoms with Crippen molar-refractivity contribution in [2.45, 2.75) is 13.1 Å². The van der Waals surface area contributed by atoms with Crippen molar-refractivity contribution in [2.24, 2.45) is 7.05 Å². The third-order valence-electron chi connectivity index (χ3n) is 3.47. The number of carbonyl (C=O) groups excluding carboxylic acids is 1. The van der Waals surface area contributed by atoms with Crippen LogP contribution in [0.1, 0.15) is 21.5 Å². The van der Waals surface area contributed by atoms with Crippen molar-refractivity contribution in [3.8, 4) is 5.75 Å². The summed E-state index contributed by atoms with van der Waals surface area (Å²) in [5.41, 5.74) is -1.38. The number of pyridine rings is 1. The fraction of sp³-hybridized carbons (Fsp3) is 0.250. The lowest BCUT2D eigenvalue weighted by atomic mass is 10.1. The Kier molecular flexibility index (Phi) is 4.68. The van der Waals surface area contributed by atoms with E-state index < -0.39 is 23.2 Å². The maximum atomic E-state index is 13.1. The number of benzene rings is 1. The zero-order chi connectivity index (χ0) is 18.1. The van der Waals surface area contributed by atoms with Gasteiger partial charge in [0.25, 0.3) is 11.5 Å². The molecule has 0 saturated carbocycles. The van der Waals surface area contributed by atoms with Crippen LogP contribution in [-0.2, 0) is 13.2 Å². The summed E-state index contributed by atoms with van der Waals surface area (Å²) in [5.74, 6) is -1.12. The number of carbonyl (C=O) groups is 1. The predicted octanol–water partition coefficient (Wildman–Crippen LogP) is 2.97. The van der Waals surface area contributed by atoms with Gasteiger partial charge in [0.1, 0.15) is 11.3 Å². The summed E-state index contributed by atoms with van der Waals surface area (Å²) in [4.78, 5) is 24.1. The first-order chi connectivity index (χ1) is 11.1. The van der Waals surface area contributed by atoms with Crippen LogP contribution in [0.25, 0.3) is 0 Å². The van der Waals surface area contributed by atoms with Gasteiger partial charge in [-0.2, -0.15) is 13.2 Å². The minimum Gasteiger partial charge on any atom is -0.496 e. The van der Waals surface area contributed by atoms with Crippen molar-refractivity contribution in [1.29, 1.82) is 0 Å². The Morgan fingerprint density at radius 3 is 2.54 bits per heavy atom. The number of aromatic nitrogens is 1. The van der Waals surface area contributed by atoms with Crippen LogP contribution in [0.4, 0.5) is 18.9 Å². The van der Waals surface area contributed by atoms with Gasteiger partial charge in [0.05, 0.1) is 12.7 Å². The van der Waals surface area contributed by atoms with Gasteiger partial charge >= 0.3 is 6.18 Å². The van der Waals surface area contributed by atoms with E-state index in [1.807, 2.05) is 0 Å². The van der Waals surface area contributed by atoms with Gasteiger partial charge in [0.2, 0.25) is 0 Å². The topological polar surface area (TPSA) is 60.3 Å². The Morgan fingerprint density at radius 1 is 1.29 bits per heavy atom. The standard InChI is InChI=1S/C16H15F3N2O3/c1-9-7-13(24-3)11(16(17,18)19)8-12(9)20-14(22)10-5-4-6-21(2)15(10)23/h4-8H,1-3H3,(H,20,22). The van der Waals surface area contributed by atoms with E-state index in [1.165, 1.54) is 42.9 Å². The van der Waals surface area contributed by atoms with Crippen molar-refractivity contribution in [3.05, 3.63) is 57.5 Å². The monoisotopic (exact) mass is 340 g/mol. The van der Waals surface area contributed by atoms with Crippen LogP contribution in [0.3, 0.4) is 0 Å². The number of halogens is 3. The summed E-state index contributed by atoms with van der Waals surface area (Å²) in [7, 11) is 2.61. The van der Waals surface area contributed by atoms with E-state index >= 15 is 0 Å². The van der Waals surface area contributed by atoms with Gasteiger partial charge in [0, 0.05) is 18.9 Å². The smallest absolute Gasteiger partial charge is 0.420 e. The molecule has 0 fully saturated rings. The highest BCUT2D eigenvalue weighted by Gasteiger charge is 2.35. The lowest BCUT2D eigenvalue weighted by Gasteiger charge is -2.16. The van der Waals surface area contributed by atoms with Crippen LogP contribution in [-0.4, -0.2) is 17.6 Å². The van der Waals surface area contributed by atoms with E-state index in [2.05, 4.69) is 5.32 Å². The molecule has 2 rings (SSSR count). The molecule has 0 radical (unpaired) electrons. The number of hydrogen-bond donors (Lipinski definition) is 1. The summed E-state index contributed by atoms with van der Waals surface area (Å²) in [6.45, 7) is 1.53. The molecule has 2 aromatic rings. The highest BCUT2D eigenvalue weighted by molar-refractivity contribution is 6.04. The molecule has 24 heavy (non-hydrogen) atoms. The third kappa shape index (κ3) is 3.42. The maximum absolute atomic E-state index is 13.1. The zero-order valence-electron chi connectivity index (χ0n) is 13.2. The van der Waals surface area contributed by atoms with E-state index in [9.17, 15) is 22.8 Å². The highest BCUT2D eigenvalue weighted by Crippen LogP contribution is 2.39. The number of hydrogen-bond acceptors (Lipinski definition) is 3. The molecule has 0 spiro atoms. The van der Waals surface area contributed by atoms with Gasteiger partial charge in [-0.25, -0.2) is 0 Å². The molecule has 0 unspecified atom stereocenters. The average Bonchev–Trinajstić information content (AvgIpc) is 2.50. The van der Waals surface area contributed by atoms with Gasteiger partial charge in [-0.3, -0.25) is 9.59 Å². The van der Waals surface area contributed by atoms with Crippen LogP contribution in [0.15, 0.2) is 35.3 Å². The Labute approximate surface area is 135 Å². The second-order valence-electron chi connectivity index (χ2n) is 5.16. The van der Waals surface area contributed by atoms with Gasteiger partial charge in [-0.15, -0.1) is 0 Å². The Bertz CT molecular complexity index is 841. The number of rotatable bonds is 3. The van der Waals surface area contributed by atoms with Crippen molar-refractivity contribution < 1.29 is 22.7 Å². The highest BCUT2D eigenvalue weighted by atomic mass is 19.4. The van der Waals surface area contributed by atoms with Crippen LogP contribution in [0, 0.1) is 6.92 Å². The number of amides is 1. The normalized spacial score (nSPS) is 11.2. The molecule has 1 aromatic carbocycles. The Hall–Kier alpha value is -2.77. The molecule has 0 aliphatic rings. The van der Waals surface area contributed by atoms with E-state index in [4.69, 9.17) is 4.74 Å². The molecule has 1 heterocycles. The van der Waals surface area contributed by atoms with Crippen molar-refractivity contribution in [3.63, 3.8) is 0 Å².